The van der Waals surface area contributed by atoms with E-state index >= 15 is 0 Å². The van der Waals surface area contributed by atoms with Gasteiger partial charge in [0, 0.05) is 20.5 Å². The normalized spacial score (nSPS) is 31.7. The van der Waals surface area contributed by atoms with Gasteiger partial charge in [-0.05, 0) is 6.08 Å². The highest BCUT2D eigenvalue weighted by Crippen LogP contribution is 2.06. The number of nitrogens with zero attached hydrogens (tertiary/aromatic N) is 2. The number of allylic oxidation sites excluding steroid dienone is 1. The molecule has 1 aliphatic rings. The van der Waals surface area contributed by atoms with Crippen LogP contribution >= 0.6 is 0 Å². The summed E-state index contributed by atoms with van der Waals surface area (Å²) in [6.45, 7) is 0. The summed E-state index contributed by atoms with van der Waals surface area (Å²) in [6.07, 6.45) is 3.93. The van der Waals surface area contributed by atoms with Crippen LogP contribution < -0.4 is 0 Å². The minimum atomic E-state index is -0.588. The van der Waals surface area contributed by atoms with E-state index in [1.54, 1.807) is 14.1 Å². The van der Waals surface area contributed by atoms with Crippen molar-refractivity contribution in [3.05, 3.63) is 12.2 Å². The molecule has 3 nitrogen and oxygen atoms in total. The standard InChI is InChI=1S/C8H12N2O/c1-9-6-4-3-5-7(10-2)8(6)11/h3-4,8,11H,5H2,1-2H3. The van der Waals surface area contributed by atoms with Crippen molar-refractivity contribution in [2.24, 2.45) is 9.98 Å². The third-order valence-corrected chi connectivity index (χ3v) is 1.76. The monoisotopic (exact) mass is 152 g/mol. The third kappa shape index (κ3) is 1.54. The lowest BCUT2D eigenvalue weighted by Crippen LogP contribution is -2.31. The molecule has 60 valence electrons. The van der Waals surface area contributed by atoms with Gasteiger partial charge in [0.15, 0.2) is 0 Å². The quantitative estimate of drug-likeness (QED) is 0.538. The van der Waals surface area contributed by atoms with Gasteiger partial charge in [0.2, 0.25) is 0 Å². The molecule has 1 atom stereocenters. The van der Waals surface area contributed by atoms with Crippen molar-refractivity contribution in [3.63, 3.8) is 0 Å². The summed E-state index contributed by atoms with van der Waals surface area (Å²) in [5.41, 5.74) is 1.48. The van der Waals surface area contributed by atoms with Crippen LogP contribution in [0.15, 0.2) is 22.1 Å². The van der Waals surface area contributed by atoms with Crippen LogP contribution in [0, 0.1) is 0 Å². The molecular formula is C8H12N2O. The molecule has 1 N–H and O–H groups in total. The molecule has 1 rings (SSSR count). The molecule has 0 aromatic heterocycles. The van der Waals surface area contributed by atoms with Crippen molar-refractivity contribution in [3.8, 4) is 0 Å². The third-order valence-electron chi connectivity index (χ3n) is 1.76. The minimum absolute atomic E-state index is 0.588. The summed E-state index contributed by atoms with van der Waals surface area (Å²) in [5, 5.41) is 9.52. The molecule has 0 aliphatic heterocycles. The molecule has 0 aromatic rings. The molecule has 1 unspecified atom stereocenters. The van der Waals surface area contributed by atoms with Crippen molar-refractivity contribution in [2.75, 3.05) is 14.1 Å². The van der Waals surface area contributed by atoms with Crippen molar-refractivity contribution >= 4 is 11.4 Å². The van der Waals surface area contributed by atoms with Gasteiger partial charge in [-0.25, -0.2) is 0 Å². The first-order valence-corrected chi connectivity index (χ1v) is 3.56. The Kier molecular flexibility index (Phi) is 2.54. The number of hydrogen-bond donors (Lipinski definition) is 1. The summed E-state index contributed by atoms with van der Waals surface area (Å²) in [5.74, 6) is 0. The molecule has 0 heterocycles. The lowest BCUT2D eigenvalue weighted by molar-refractivity contribution is 0.303. The Labute approximate surface area is 66.2 Å². The van der Waals surface area contributed by atoms with Crippen LogP contribution in [0.5, 0.6) is 0 Å². The highest BCUT2D eigenvalue weighted by atomic mass is 16.3. The Bertz CT molecular complexity index is 225. The van der Waals surface area contributed by atoms with E-state index in [1.165, 1.54) is 0 Å². The van der Waals surface area contributed by atoms with Gasteiger partial charge in [-0.15, -0.1) is 0 Å². The lowest BCUT2D eigenvalue weighted by Gasteiger charge is -2.15. The first-order valence-electron chi connectivity index (χ1n) is 3.56. The van der Waals surface area contributed by atoms with E-state index < -0.39 is 6.10 Å². The number of aliphatic hydroxyl groups is 1. The van der Waals surface area contributed by atoms with Gasteiger partial charge >= 0.3 is 0 Å². The van der Waals surface area contributed by atoms with E-state index in [-0.39, 0.29) is 0 Å². The SMILES string of the molecule is CN=C1C=CCC(=NC)C1O. The predicted octanol–water partition coefficient (Wildman–Crippen LogP) is 0.449. The van der Waals surface area contributed by atoms with Crippen LogP contribution in [0.2, 0.25) is 0 Å². The molecule has 0 aromatic carbocycles. The second kappa shape index (κ2) is 3.44. The fourth-order valence-electron chi connectivity index (χ4n) is 1.08. The van der Waals surface area contributed by atoms with Crippen molar-refractivity contribution in [1.82, 2.24) is 0 Å². The number of aliphatic hydroxyl groups excluding tert-OH is 1. The van der Waals surface area contributed by atoms with Crippen LogP contribution in [-0.4, -0.2) is 36.7 Å². The number of hydrogen-bond acceptors (Lipinski definition) is 3. The van der Waals surface area contributed by atoms with E-state index in [0.29, 0.717) is 5.71 Å². The van der Waals surface area contributed by atoms with E-state index in [4.69, 9.17) is 0 Å². The summed E-state index contributed by atoms with van der Waals surface area (Å²) in [4.78, 5) is 7.89. The lowest BCUT2D eigenvalue weighted by atomic mass is 10.0. The van der Waals surface area contributed by atoms with Crippen LogP contribution in [0.1, 0.15) is 6.42 Å². The van der Waals surface area contributed by atoms with Gasteiger partial charge in [-0.2, -0.15) is 0 Å². The summed E-state index contributed by atoms with van der Waals surface area (Å²) in [7, 11) is 3.35. The maximum Gasteiger partial charge on any atom is 0.133 e. The molecule has 0 fully saturated rings. The van der Waals surface area contributed by atoms with Gasteiger partial charge in [0.1, 0.15) is 6.10 Å². The molecule has 0 radical (unpaired) electrons. The minimum Gasteiger partial charge on any atom is -0.381 e. The zero-order chi connectivity index (χ0) is 8.27. The fourth-order valence-corrected chi connectivity index (χ4v) is 1.08. The van der Waals surface area contributed by atoms with Gasteiger partial charge in [0.05, 0.1) is 11.4 Å². The first kappa shape index (κ1) is 8.14. The number of rotatable bonds is 0. The topological polar surface area (TPSA) is 45.0 Å². The highest BCUT2D eigenvalue weighted by Gasteiger charge is 2.18. The Morgan fingerprint density at radius 1 is 1.45 bits per heavy atom. The molecule has 3 heteroatoms. The Morgan fingerprint density at radius 3 is 2.73 bits per heavy atom. The van der Waals surface area contributed by atoms with Gasteiger partial charge in [-0.1, -0.05) is 6.08 Å². The van der Waals surface area contributed by atoms with Crippen molar-refractivity contribution in [2.45, 2.75) is 12.5 Å². The molecule has 0 spiro atoms. The smallest absolute Gasteiger partial charge is 0.133 e. The Balaban J connectivity index is 2.90. The highest BCUT2D eigenvalue weighted by molar-refractivity contribution is 6.17. The molecule has 11 heavy (non-hydrogen) atoms. The molecule has 0 amide bonds. The average molecular weight is 152 g/mol. The molecule has 0 saturated heterocycles. The maximum atomic E-state index is 9.52. The van der Waals surface area contributed by atoms with Crippen LogP contribution in [0.25, 0.3) is 0 Å². The van der Waals surface area contributed by atoms with Gasteiger partial charge in [0.25, 0.3) is 0 Å². The van der Waals surface area contributed by atoms with Crippen LogP contribution in [0.4, 0.5) is 0 Å². The largest absolute Gasteiger partial charge is 0.381 e. The van der Waals surface area contributed by atoms with E-state index in [9.17, 15) is 5.11 Å². The van der Waals surface area contributed by atoms with E-state index in [1.807, 2.05) is 12.2 Å². The molecule has 1 aliphatic carbocycles. The van der Waals surface area contributed by atoms with Crippen molar-refractivity contribution < 1.29 is 5.11 Å². The molecular weight excluding hydrogens is 140 g/mol. The molecule has 0 saturated carbocycles. The predicted molar refractivity (Wildman–Crippen MR) is 46.5 cm³/mol. The van der Waals surface area contributed by atoms with Crippen LogP contribution in [-0.2, 0) is 0 Å². The summed E-state index contributed by atoms with van der Waals surface area (Å²) in [6, 6.07) is 0. The Morgan fingerprint density at radius 2 is 2.18 bits per heavy atom. The molecule has 0 bridgehead atoms. The van der Waals surface area contributed by atoms with Gasteiger partial charge < -0.3 is 5.11 Å². The second-order valence-corrected chi connectivity index (χ2v) is 2.37. The number of aliphatic imine (C=N–C) groups is 2. The first-order chi connectivity index (χ1) is 5.29. The fraction of sp³-hybridized carbons (Fsp3) is 0.500. The Hall–Kier alpha value is -0.960. The van der Waals surface area contributed by atoms with E-state index in [2.05, 4.69) is 9.98 Å². The zero-order valence-corrected chi connectivity index (χ0v) is 6.78. The summed E-state index contributed by atoms with van der Waals surface area (Å²) < 4.78 is 0. The second-order valence-electron chi connectivity index (χ2n) is 2.37. The summed E-state index contributed by atoms with van der Waals surface area (Å²) >= 11 is 0. The van der Waals surface area contributed by atoms with Crippen molar-refractivity contribution in [1.29, 1.82) is 0 Å². The zero-order valence-electron chi connectivity index (χ0n) is 6.78. The van der Waals surface area contributed by atoms with E-state index in [0.717, 1.165) is 12.1 Å². The van der Waals surface area contributed by atoms with Crippen LogP contribution in [0.3, 0.4) is 0 Å². The maximum absolute atomic E-state index is 9.52. The average Bonchev–Trinajstić information content (AvgIpc) is 2.05. The van der Waals surface area contributed by atoms with Gasteiger partial charge in [-0.3, -0.25) is 9.98 Å².